The molecule has 3 aromatic carbocycles. The van der Waals surface area contributed by atoms with E-state index in [1.54, 1.807) is 24.3 Å². The second-order valence-electron chi connectivity index (χ2n) is 8.29. The molecule has 0 spiro atoms. The van der Waals surface area contributed by atoms with Crippen LogP contribution in [0.15, 0.2) is 66.2 Å². The summed E-state index contributed by atoms with van der Waals surface area (Å²) in [6.07, 6.45) is 2.33. The first kappa shape index (κ1) is 25.4. The van der Waals surface area contributed by atoms with Crippen LogP contribution in [-0.2, 0) is 22.6 Å². The number of nitrogens with one attached hydrogen (secondary N) is 1. The molecular formula is C28H25ClN2O4S. The first-order valence-electron chi connectivity index (χ1n) is 11.4. The van der Waals surface area contributed by atoms with E-state index in [4.69, 9.17) is 33.3 Å². The largest absolute Gasteiger partial charge is 0.493 e. The lowest BCUT2D eigenvalue weighted by Gasteiger charge is -2.29. The maximum absolute atomic E-state index is 13.3. The molecule has 4 rings (SSSR count). The van der Waals surface area contributed by atoms with Crippen molar-refractivity contribution in [3.05, 3.63) is 93.5 Å². The summed E-state index contributed by atoms with van der Waals surface area (Å²) in [7, 11) is 1.50. The van der Waals surface area contributed by atoms with Crippen LogP contribution in [-0.4, -0.2) is 24.0 Å². The minimum atomic E-state index is -0.582. The molecule has 0 aromatic heterocycles. The predicted octanol–water partition coefficient (Wildman–Crippen LogP) is 5.63. The van der Waals surface area contributed by atoms with Crippen molar-refractivity contribution in [2.24, 2.45) is 0 Å². The topological polar surface area (TPSA) is 67.9 Å². The molecule has 0 radical (unpaired) electrons. The lowest BCUT2D eigenvalue weighted by Crippen LogP contribution is -2.54. The van der Waals surface area contributed by atoms with Crippen molar-refractivity contribution in [1.29, 1.82) is 0 Å². The van der Waals surface area contributed by atoms with Crippen LogP contribution in [0, 0.1) is 6.92 Å². The third kappa shape index (κ3) is 5.42. The highest BCUT2D eigenvalue weighted by molar-refractivity contribution is 7.80. The predicted molar refractivity (Wildman–Crippen MR) is 146 cm³/mol. The summed E-state index contributed by atoms with van der Waals surface area (Å²) in [4.78, 5) is 27.3. The number of rotatable bonds is 7. The normalized spacial score (nSPS) is 14.7. The molecule has 0 aliphatic carbocycles. The van der Waals surface area contributed by atoms with Gasteiger partial charge >= 0.3 is 0 Å². The Kier molecular flexibility index (Phi) is 7.72. The van der Waals surface area contributed by atoms with Crippen LogP contribution in [0.1, 0.15) is 29.2 Å². The van der Waals surface area contributed by atoms with Crippen LogP contribution in [0.2, 0.25) is 5.02 Å². The second-order valence-corrected chi connectivity index (χ2v) is 9.08. The number of amides is 2. The third-order valence-corrected chi connectivity index (χ3v) is 6.30. The fourth-order valence-electron chi connectivity index (χ4n) is 3.86. The molecule has 2 amide bonds. The molecule has 6 nitrogen and oxygen atoms in total. The Morgan fingerprint density at radius 3 is 2.47 bits per heavy atom. The van der Waals surface area contributed by atoms with E-state index in [1.165, 1.54) is 18.1 Å². The first-order chi connectivity index (χ1) is 17.3. The van der Waals surface area contributed by atoms with Crippen LogP contribution in [0.3, 0.4) is 0 Å². The lowest BCUT2D eigenvalue weighted by atomic mass is 10.1. The Morgan fingerprint density at radius 2 is 1.81 bits per heavy atom. The molecule has 1 aliphatic heterocycles. The number of nitrogens with zero attached hydrogens (tertiary/aromatic N) is 1. The molecular weight excluding hydrogens is 496 g/mol. The number of carbonyl (C=O) groups is 2. The Morgan fingerprint density at radius 1 is 1.06 bits per heavy atom. The van der Waals surface area contributed by atoms with Crippen LogP contribution < -0.4 is 19.7 Å². The fraction of sp³-hybridized carbons (Fsp3) is 0.179. The van der Waals surface area contributed by atoms with Gasteiger partial charge in [0, 0.05) is 0 Å². The van der Waals surface area contributed by atoms with Gasteiger partial charge in [0.1, 0.15) is 12.2 Å². The molecule has 3 aromatic rings. The summed E-state index contributed by atoms with van der Waals surface area (Å²) in [5.74, 6) is -0.349. The molecule has 36 heavy (non-hydrogen) atoms. The number of anilines is 1. The van der Waals surface area contributed by atoms with E-state index in [2.05, 4.69) is 5.32 Å². The first-order valence-corrected chi connectivity index (χ1v) is 12.2. The highest BCUT2D eigenvalue weighted by atomic mass is 35.5. The van der Waals surface area contributed by atoms with E-state index < -0.39 is 11.8 Å². The molecule has 1 N–H and O–H groups in total. The van der Waals surface area contributed by atoms with Crippen molar-refractivity contribution >= 4 is 52.5 Å². The van der Waals surface area contributed by atoms with Crippen molar-refractivity contribution in [3.63, 3.8) is 0 Å². The number of carbonyl (C=O) groups excluding carboxylic acids is 2. The highest BCUT2D eigenvalue weighted by Crippen LogP contribution is 2.38. The maximum atomic E-state index is 13.3. The van der Waals surface area contributed by atoms with Crippen molar-refractivity contribution in [1.82, 2.24) is 5.32 Å². The number of benzene rings is 3. The molecule has 0 atom stereocenters. The van der Waals surface area contributed by atoms with Crippen molar-refractivity contribution < 1.29 is 19.1 Å². The van der Waals surface area contributed by atoms with Crippen LogP contribution >= 0.6 is 23.8 Å². The molecule has 1 saturated heterocycles. The van der Waals surface area contributed by atoms with E-state index in [9.17, 15) is 9.59 Å². The zero-order valence-electron chi connectivity index (χ0n) is 20.1. The SMILES string of the molecule is CCc1ccc(N2C(=O)/C(=C/c3cc(Cl)c(OCc4cccc(C)c4)c(OC)c3)C(=O)NC2=S)cc1. The van der Waals surface area contributed by atoms with Crippen molar-refractivity contribution in [3.8, 4) is 11.5 Å². The average molecular weight is 521 g/mol. The van der Waals surface area contributed by atoms with Gasteiger partial charge in [0.2, 0.25) is 0 Å². The average Bonchev–Trinajstić information content (AvgIpc) is 2.86. The number of methoxy groups -OCH3 is 1. The Hall–Kier alpha value is -3.68. The zero-order chi connectivity index (χ0) is 25.8. The van der Waals surface area contributed by atoms with Gasteiger partial charge in [-0.05, 0) is 72.6 Å². The van der Waals surface area contributed by atoms with E-state index in [-0.39, 0.29) is 10.7 Å². The van der Waals surface area contributed by atoms with E-state index >= 15 is 0 Å². The zero-order valence-corrected chi connectivity index (χ0v) is 21.7. The number of hydrogen-bond donors (Lipinski definition) is 1. The number of ether oxygens (including phenoxy) is 2. The summed E-state index contributed by atoms with van der Waals surface area (Å²) in [5.41, 5.74) is 4.25. The van der Waals surface area contributed by atoms with Gasteiger partial charge in [-0.25, -0.2) is 0 Å². The van der Waals surface area contributed by atoms with Gasteiger partial charge in [0.05, 0.1) is 17.8 Å². The second kappa shape index (κ2) is 10.9. The Balaban J connectivity index is 1.63. The number of aryl methyl sites for hydroxylation is 2. The minimum absolute atomic E-state index is 0.0295. The van der Waals surface area contributed by atoms with E-state index in [1.807, 2.05) is 50.2 Å². The van der Waals surface area contributed by atoms with Gasteiger partial charge in [-0.1, -0.05) is 60.5 Å². The number of halogens is 1. The van der Waals surface area contributed by atoms with Gasteiger partial charge in [0.15, 0.2) is 16.6 Å². The van der Waals surface area contributed by atoms with Gasteiger partial charge < -0.3 is 9.47 Å². The number of hydrogen-bond acceptors (Lipinski definition) is 5. The standard InChI is InChI=1S/C28H25ClN2O4S/c1-4-18-8-10-21(11-9-18)31-27(33)22(26(32)30-28(31)36)13-20-14-23(29)25(24(15-20)34-3)35-16-19-7-5-6-17(2)12-19/h5-15H,4,16H2,1-3H3,(H,30,32,36)/b22-13+. The van der Waals surface area contributed by atoms with Gasteiger partial charge in [-0.2, -0.15) is 0 Å². The molecule has 184 valence electrons. The Labute approximate surface area is 220 Å². The lowest BCUT2D eigenvalue weighted by molar-refractivity contribution is -0.122. The van der Waals surface area contributed by atoms with Crippen molar-refractivity contribution in [2.45, 2.75) is 26.9 Å². The number of thiocarbonyl (C=S) groups is 1. The molecule has 0 saturated carbocycles. The third-order valence-electron chi connectivity index (χ3n) is 5.73. The molecule has 1 aliphatic rings. The van der Waals surface area contributed by atoms with E-state index in [0.717, 1.165) is 23.1 Å². The highest BCUT2D eigenvalue weighted by Gasteiger charge is 2.34. The summed E-state index contributed by atoms with van der Waals surface area (Å²) < 4.78 is 11.4. The van der Waals surface area contributed by atoms with Crippen molar-refractivity contribution in [2.75, 3.05) is 12.0 Å². The smallest absolute Gasteiger partial charge is 0.270 e. The summed E-state index contributed by atoms with van der Waals surface area (Å²) in [6.45, 7) is 4.36. The van der Waals surface area contributed by atoms with Crippen LogP contribution in [0.4, 0.5) is 5.69 Å². The Bertz CT molecular complexity index is 1370. The van der Waals surface area contributed by atoms with Gasteiger partial charge in [0.25, 0.3) is 11.8 Å². The molecule has 0 unspecified atom stereocenters. The molecule has 1 fully saturated rings. The monoisotopic (exact) mass is 520 g/mol. The fourth-order valence-corrected chi connectivity index (χ4v) is 4.41. The van der Waals surface area contributed by atoms with Crippen LogP contribution in [0.25, 0.3) is 6.08 Å². The minimum Gasteiger partial charge on any atom is -0.493 e. The summed E-state index contributed by atoms with van der Waals surface area (Å²) in [6, 6.07) is 18.7. The molecule has 8 heteroatoms. The molecule has 0 bridgehead atoms. The van der Waals surface area contributed by atoms with Gasteiger partial charge in [-0.3, -0.25) is 19.8 Å². The van der Waals surface area contributed by atoms with Crippen LogP contribution in [0.5, 0.6) is 11.5 Å². The molecule has 1 heterocycles. The maximum Gasteiger partial charge on any atom is 0.270 e. The summed E-state index contributed by atoms with van der Waals surface area (Å²) in [5, 5.41) is 2.92. The quantitative estimate of drug-likeness (QED) is 0.248. The van der Waals surface area contributed by atoms with E-state index in [0.29, 0.717) is 34.4 Å². The van der Waals surface area contributed by atoms with Gasteiger partial charge in [-0.15, -0.1) is 0 Å². The summed E-state index contributed by atoms with van der Waals surface area (Å²) >= 11 is 11.8.